The summed E-state index contributed by atoms with van der Waals surface area (Å²) >= 11 is 0. The highest BCUT2D eigenvalue weighted by Crippen LogP contribution is 2.27. The highest BCUT2D eigenvalue weighted by molar-refractivity contribution is 5.19. The molecule has 1 saturated heterocycles. The van der Waals surface area contributed by atoms with Gasteiger partial charge in [0.15, 0.2) is 0 Å². The largest absolute Gasteiger partial charge is 0.320 e. The van der Waals surface area contributed by atoms with Crippen molar-refractivity contribution >= 4 is 0 Å². The van der Waals surface area contributed by atoms with E-state index in [9.17, 15) is 4.39 Å². The maximum atomic E-state index is 13.3. The Morgan fingerprint density at radius 1 is 1.37 bits per heavy atom. The molecular weight excluding hydrogens is 239 g/mol. The van der Waals surface area contributed by atoms with Gasteiger partial charge < -0.3 is 5.32 Å². The third-order valence-corrected chi connectivity index (χ3v) is 4.33. The van der Waals surface area contributed by atoms with E-state index in [0.29, 0.717) is 6.04 Å². The summed E-state index contributed by atoms with van der Waals surface area (Å²) in [6.45, 7) is 5.56. The van der Waals surface area contributed by atoms with Gasteiger partial charge in [0.25, 0.3) is 0 Å². The van der Waals surface area contributed by atoms with E-state index >= 15 is 0 Å². The van der Waals surface area contributed by atoms with Crippen molar-refractivity contribution in [2.45, 2.75) is 32.2 Å². The number of benzene rings is 1. The van der Waals surface area contributed by atoms with Crippen molar-refractivity contribution in [3.8, 4) is 0 Å². The van der Waals surface area contributed by atoms with Crippen molar-refractivity contribution in [3.63, 3.8) is 0 Å². The van der Waals surface area contributed by atoms with Crippen LogP contribution in [0.2, 0.25) is 0 Å². The number of piperidine rings is 1. The van der Waals surface area contributed by atoms with Crippen molar-refractivity contribution in [2.75, 3.05) is 26.7 Å². The van der Waals surface area contributed by atoms with E-state index in [0.717, 1.165) is 31.1 Å². The Bertz CT molecular complexity index is 386. The summed E-state index contributed by atoms with van der Waals surface area (Å²) < 4.78 is 13.3. The molecule has 1 fully saturated rings. The van der Waals surface area contributed by atoms with Crippen LogP contribution in [-0.2, 0) is 0 Å². The smallest absolute Gasteiger partial charge is 0.123 e. The van der Waals surface area contributed by atoms with Gasteiger partial charge in [0.1, 0.15) is 5.82 Å². The predicted octanol–water partition coefficient (Wildman–Crippen LogP) is 3.21. The SMILES string of the molecule is CNCCC1CCN(C(C)c2cccc(F)c2)CC1. The molecule has 1 N–H and O–H groups in total. The first-order valence-corrected chi connectivity index (χ1v) is 7.35. The first-order chi connectivity index (χ1) is 9.20. The van der Waals surface area contributed by atoms with Crippen LogP contribution in [0.15, 0.2) is 24.3 Å². The van der Waals surface area contributed by atoms with Crippen LogP contribution in [0, 0.1) is 11.7 Å². The summed E-state index contributed by atoms with van der Waals surface area (Å²) in [5.74, 6) is 0.719. The fraction of sp³-hybridized carbons (Fsp3) is 0.625. The Labute approximate surface area is 116 Å². The first-order valence-electron chi connectivity index (χ1n) is 7.35. The van der Waals surface area contributed by atoms with Crippen LogP contribution in [0.3, 0.4) is 0 Å². The molecule has 0 spiro atoms. The van der Waals surface area contributed by atoms with E-state index in [1.54, 1.807) is 12.1 Å². The van der Waals surface area contributed by atoms with Crippen LogP contribution < -0.4 is 5.32 Å². The van der Waals surface area contributed by atoms with Crippen molar-refractivity contribution in [1.82, 2.24) is 10.2 Å². The highest BCUT2D eigenvalue weighted by Gasteiger charge is 2.23. The van der Waals surface area contributed by atoms with Crippen LogP contribution in [0.1, 0.15) is 37.8 Å². The fourth-order valence-corrected chi connectivity index (χ4v) is 2.95. The summed E-state index contributed by atoms with van der Waals surface area (Å²) in [6, 6.07) is 7.33. The lowest BCUT2D eigenvalue weighted by molar-refractivity contribution is 0.137. The molecule has 1 atom stereocenters. The van der Waals surface area contributed by atoms with E-state index in [4.69, 9.17) is 0 Å². The molecule has 2 rings (SSSR count). The molecule has 3 heteroatoms. The van der Waals surface area contributed by atoms with Gasteiger partial charge in [-0.3, -0.25) is 4.90 Å². The second-order valence-corrected chi connectivity index (χ2v) is 5.60. The molecule has 1 aliphatic rings. The third-order valence-electron chi connectivity index (χ3n) is 4.33. The molecule has 1 unspecified atom stereocenters. The quantitative estimate of drug-likeness (QED) is 0.878. The number of nitrogens with one attached hydrogen (secondary N) is 1. The second-order valence-electron chi connectivity index (χ2n) is 5.60. The molecule has 1 aromatic carbocycles. The molecule has 2 nitrogen and oxygen atoms in total. The van der Waals surface area contributed by atoms with Crippen LogP contribution in [-0.4, -0.2) is 31.6 Å². The van der Waals surface area contributed by atoms with Gasteiger partial charge in [0.2, 0.25) is 0 Å². The van der Waals surface area contributed by atoms with Crippen molar-refractivity contribution in [2.24, 2.45) is 5.92 Å². The van der Waals surface area contributed by atoms with Crippen LogP contribution in [0.4, 0.5) is 4.39 Å². The molecule has 1 heterocycles. The molecular formula is C16H25FN2. The van der Waals surface area contributed by atoms with Gasteiger partial charge in [0, 0.05) is 6.04 Å². The van der Waals surface area contributed by atoms with E-state index in [2.05, 4.69) is 17.1 Å². The zero-order chi connectivity index (χ0) is 13.7. The van der Waals surface area contributed by atoms with Crippen LogP contribution in [0.25, 0.3) is 0 Å². The van der Waals surface area contributed by atoms with E-state index < -0.39 is 0 Å². The Balaban J connectivity index is 1.87. The van der Waals surface area contributed by atoms with Gasteiger partial charge in [-0.25, -0.2) is 4.39 Å². The van der Waals surface area contributed by atoms with Crippen LogP contribution >= 0.6 is 0 Å². The highest BCUT2D eigenvalue weighted by atomic mass is 19.1. The monoisotopic (exact) mass is 264 g/mol. The number of hydrogen-bond donors (Lipinski definition) is 1. The van der Waals surface area contributed by atoms with Gasteiger partial charge in [-0.1, -0.05) is 12.1 Å². The number of nitrogens with zero attached hydrogens (tertiary/aromatic N) is 1. The maximum Gasteiger partial charge on any atom is 0.123 e. The van der Waals surface area contributed by atoms with Crippen molar-refractivity contribution in [1.29, 1.82) is 0 Å². The molecule has 1 aromatic rings. The van der Waals surface area contributed by atoms with E-state index in [-0.39, 0.29) is 5.82 Å². The Morgan fingerprint density at radius 3 is 2.74 bits per heavy atom. The maximum absolute atomic E-state index is 13.3. The zero-order valence-corrected chi connectivity index (χ0v) is 12.0. The lowest BCUT2D eigenvalue weighted by Crippen LogP contribution is -2.36. The molecule has 106 valence electrons. The fourth-order valence-electron chi connectivity index (χ4n) is 2.95. The number of rotatable bonds is 5. The Kier molecular flexibility index (Phi) is 5.34. The lowest BCUT2D eigenvalue weighted by atomic mass is 9.92. The van der Waals surface area contributed by atoms with Gasteiger partial charge in [-0.15, -0.1) is 0 Å². The summed E-state index contributed by atoms with van der Waals surface area (Å²) in [4.78, 5) is 2.48. The van der Waals surface area contributed by atoms with Crippen LogP contribution in [0.5, 0.6) is 0 Å². The average Bonchev–Trinajstić information content (AvgIpc) is 2.45. The van der Waals surface area contributed by atoms with E-state index in [1.807, 2.05) is 13.1 Å². The minimum absolute atomic E-state index is 0.131. The van der Waals surface area contributed by atoms with Gasteiger partial charge in [-0.2, -0.15) is 0 Å². The molecule has 19 heavy (non-hydrogen) atoms. The summed E-state index contributed by atoms with van der Waals surface area (Å²) in [5, 5.41) is 3.23. The molecule has 0 saturated carbocycles. The topological polar surface area (TPSA) is 15.3 Å². The Hall–Kier alpha value is -0.930. The standard InChI is InChI=1S/C16H25FN2/c1-13(15-4-3-5-16(17)12-15)19-10-7-14(8-11-19)6-9-18-2/h3-5,12-14,18H,6-11H2,1-2H3. The number of hydrogen-bond acceptors (Lipinski definition) is 2. The number of halogens is 1. The summed E-state index contributed by atoms with van der Waals surface area (Å²) in [6.07, 6.45) is 3.81. The normalized spacial score (nSPS) is 19.5. The molecule has 0 aliphatic carbocycles. The van der Waals surface area contributed by atoms with Gasteiger partial charge in [-0.05, 0) is 76.5 Å². The summed E-state index contributed by atoms with van der Waals surface area (Å²) in [5.41, 5.74) is 1.09. The predicted molar refractivity (Wildman–Crippen MR) is 77.7 cm³/mol. The molecule has 0 amide bonds. The molecule has 0 radical (unpaired) electrons. The molecule has 1 aliphatic heterocycles. The average molecular weight is 264 g/mol. The zero-order valence-electron chi connectivity index (χ0n) is 12.0. The molecule has 0 bridgehead atoms. The van der Waals surface area contributed by atoms with E-state index in [1.165, 1.54) is 25.3 Å². The minimum atomic E-state index is -0.131. The van der Waals surface area contributed by atoms with Gasteiger partial charge >= 0.3 is 0 Å². The number of likely N-dealkylation sites (tertiary alicyclic amines) is 1. The lowest BCUT2D eigenvalue weighted by Gasteiger charge is -2.36. The van der Waals surface area contributed by atoms with Gasteiger partial charge in [0.05, 0.1) is 0 Å². The van der Waals surface area contributed by atoms with Crippen molar-refractivity contribution in [3.05, 3.63) is 35.6 Å². The second kappa shape index (κ2) is 7.01. The molecule has 0 aromatic heterocycles. The Morgan fingerprint density at radius 2 is 2.11 bits per heavy atom. The minimum Gasteiger partial charge on any atom is -0.320 e. The first kappa shape index (κ1) is 14.5. The summed E-state index contributed by atoms with van der Waals surface area (Å²) in [7, 11) is 2.02. The van der Waals surface area contributed by atoms with Crippen molar-refractivity contribution < 1.29 is 4.39 Å². The third kappa shape index (κ3) is 4.02.